The van der Waals surface area contributed by atoms with Crippen molar-refractivity contribution in [1.82, 2.24) is 9.97 Å². The maximum absolute atomic E-state index is 14.0. The molecule has 0 saturated carbocycles. The fourth-order valence-electron chi connectivity index (χ4n) is 2.38. The number of amides is 1. The molecule has 1 amide bonds. The largest absolute Gasteiger partial charge is 0.467 e. The van der Waals surface area contributed by atoms with Gasteiger partial charge in [-0.3, -0.25) is 15.0 Å². The standard InChI is InChI=1S/C18H20BrFN4O5/c1-10-14(24(26)27)15(22-16(21-10)28-5)23(17(25)29-18(2,3)4)9-11-6-7-12(19)13(20)8-11/h6-8H,9H2,1-5H3. The quantitative estimate of drug-likeness (QED) is 0.465. The van der Waals surface area contributed by atoms with Gasteiger partial charge in [-0.15, -0.1) is 0 Å². The Morgan fingerprint density at radius 3 is 2.52 bits per heavy atom. The zero-order chi connectivity index (χ0) is 21.9. The predicted molar refractivity (Wildman–Crippen MR) is 106 cm³/mol. The highest BCUT2D eigenvalue weighted by molar-refractivity contribution is 9.10. The monoisotopic (exact) mass is 470 g/mol. The number of benzene rings is 1. The topological polar surface area (TPSA) is 108 Å². The van der Waals surface area contributed by atoms with E-state index < -0.39 is 28.1 Å². The molecule has 0 aliphatic rings. The van der Waals surface area contributed by atoms with Crippen LogP contribution in [0.5, 0.6) is 6.01 Å². The molecule has 29 heavy (non-hydrogen) atoms. The molecule has 0 atom stereocenters. The van der Waals surface area contributed by atoms with Gasteiger partial charge in [0.05, 0.1) is 23.1 Å². The van der Waals surface area contributed by atoms with E-state index in [2.05, 4.69) is 25.9 Å². The third-order valence-corrected chi connectivity index (χ3v) is 4.22. The van der Waals surface area contributed by atoms with Crippen molar-refractivity contribution >= 4 is 33.5 Å². The molecule has 0 N–H and O–H groups in total. The first-order chi connectivity index (χ1) is 13.4. The summed E-state index contributed by atoms with van der Waals surface area (Å²) in [5.41, 5.74) is -0.968. The number of rotatable bonds is 5. The van der Waals surface area contributed by atoms with E-state index in [-0.39, 0.29) is 28.5 Å². The van der Waals surface area contributed by atoms with Crippen molar-refractivity contribution in [3.8, 4) is 6.01 Å². The molecule has 1 aromatic carbocycles. The highest BCUT2D eigenvalue weighted by Gasteiger charge is 2.33. The average Bonchev–Trinajstić information content (AvgIpc) is 2.59. The minimum Gasteiger partial charge on any atom is -0.467 e. The second kappa shape index (κ2) is 8.68. The molecule has 2 rings (SSSR count). The summed E-state index contributed by atoms with van der Waals surface area (Å²) in [7, 11) is 1.30. The number of nitro groups is 1. The number of carbonyl (C=O) groups is 1. The summed E-state index contributed by atoms with van der Waals surface area (Å²) in [6.45, 7) is 6.14. The van der Waals surface area contributed by atoms with Gasteiger partial charge in [-0.05, 0) is 61.3 Å². The zero-order valence-corrected chi connectivity index (χ0v) is 18.1. The van der Waals surface area contributed by atoms with E-state index in [1.807, 2.05) is 0 Å². The van der Waals surface area contributed by atoms with Crippen molar-refractivity contribution in [2.24, 2.45) is 0 Å². The van der Waals surface area contributed by atoms with Gasteiger partial charge in [0, 0.05) is 0 Å². The van der Waals surface area contributed by atoms with E-state index in [0.717, 1.165) is 4.90 Å². The van der Waals surface area contributed by atoms with Gasteiger partial charge in [0.25, 0.3) is 0 Å². The van der Waals surface area contributed by atoms with Gasteiger partial charge in [0.2, 0.25) is 5.82 Å². The highest BCUT2D eigenvalue weighted by Crippen LogP contribution is 2.33. The van der Waals surface area contributed by atoms with E-state index in [0.29, 0.717) is 5.56 Å². The summed E-state index contributed by atoms with van der Waals surface area (Å²) in [6, 6.07) is 4.09. The van der Waals surface area contributed by atoms with E-state index >= 15 is 0 Å². The number of anilines is 1. The number of hydrogen-bond acceptors (Lipinski definition) is 7. The Kier molecular flexibility index (Phi) is 6.73. The first-order valence-corrected chi connectivity index (χ1v) is 9.23. The van der Waals surface area contributed by atoms with Crippen LogP contribution >= 0.6 is 15.9 Å². The van der Waals surface area contributed by atoms with E-state index in [9.17, 15) is 19.3 Å². The van der Waals surface area contributed by atoms with Crippen molar-refractivity contribution in [2.75, 3.05) is 12.0 Å². The number of methoxy groups -OCH3 is 1. The Bertz CT molecular complexity index is 949. The van der Waals surface area contributed by atoms with E-state index in [1.165, 1.54) is 26.2 Å². The average molecular weight is 471 g/mol. The summed E-state index contributed by atoms with van der Waals surface area (Å²) in [6.07, 6.45) is -0.885. The number of carbonyl (C=O) groups excluding carboxylic acids is 1. The molecule has 2 aromatic rings. The van der Waals surface area contributed by atoms with Gasteiger partial charge in [0.1, 0.15) is 17.1 Å². The summed E-state index contributed by atoms with van der Waals surface area (Å²) in [5.74, 6) is -0.852. The lowest BCUT2D eigenvalue weighted by atomic mass is 10.2. The van der Waals surface area contributed by atoms with Crippen LogP contribution in [0.3, 0.4) is 0 Å². The minimum atomic E-state index is -0.885. The lowest BCUT2D eigenvalue weighted by Gasteiger charge is -2.27. The molecular weight excluding hydrogens is 451 g/mol. The van der Waals surface area contributed by atoms with Gasteiger partial charge in [0.15, 0.2) is 0 Å². The fraction of sp³-hybridized carbons (Fsp3) is 0.389. The van der Waals surface area contributed by atoms with Crippen LogP contribution in [0.25, 0.3) is 0 Å². The van der Waals surface area contributed by atoms with Crippen LogP contribution in [0.4, 0.5) is 20.7 Å². The summed E-state index contributed by atoms with van der Waals surface area (Å²) < 4.78 is 24.6. The third-order valence-electron chi connectivity index (χ3n) is 3.58. The first kappa shape index (κ1) is 22.5. The number of aryl methyl sites for hydroxylation is 1. The third kappa shape index (κ3) is 5.59. The van der Waals surface area contributed by atoms with Crippen LogP contribution < -0.4 is 9.64 Å². The van der Waals surface area contributed by atoms with Crippen LogP contribution in [-0.2, 0) is 11.3 Å². The van der Waals surface area contributed by atoms with Gasteiger partial charge in [-0.2, -0.15) is 9.97 Å². The van der Waals surface area contributed by atoms with Gasteiger partial charge >= 0.3 is 17.8 Å². The second-order valence-electron chi connectivity index (χ2n) is 7.04. The first-order valence-electron chi connectivity index (χ1n) is 8.44. The summed E-state index contributed by atoms with van der Waals surface area (Å²) in [4.78, 5) is 32.7. The number of ether oxygens (including phenoxy) is 2. The molecule has 9 nitrogen and oxygen atoms in total. The van der Waals surface area contributed by atoms with E-state index in [1.54, 1.807) is 26.8 Å². The van der Waals surface area contributed by atoms with Crippen LogP contribution in [-0.4, -0.2) is 33.7 Å². The second-order valence-corrected chi connectivity index (χ2v) is 7.89. The summed E-state index contributed by atoms with van der Waals surface area (Å²) >= 11 is 3.06. The zero-order valence-electron chi connectivity index (χ0n) is 16.5. The maximum Gasteiger partial charge on any atom is 0.416 e. The minimum absolute atomic E-state index is 0.00685. The number of aromatic nitrogens is 2. The Balaban J connectivity index is 2.63. The predicted octanol–water partition coefficient (Wildman–Crippen LogP) is 4.55. The van der Waals surface area contributed by atoms with Gasteiger partial charge < -0.3 is 9.47 Å². The number of halogens is 2. The molecule has 0 saturated heterocycles. The summed E-state index contributed by atoms with van der Waals surface area (Å²) in [5, 5.41) is 11.6. The van der Waals surface area contributed by atoms with Crippen molar-refractivity contribution in [3.63, 3.8) is 0 Å². The molecule has 0 radical (unpaired) electrons. The van der Waals surface area contributed by atoms with Crippen molar-refractivity contribution in [1.29, 1.82) is 0 Å². The lowest BCUT2D eigenvalue weighted by Crippen LogP contribution is -2.37. The van der Waals surface area contributed by atoms with Crippen LogP contribution in [0.1, 0.15) is 32.0 Å². The number of nitrogens with zero attached hydrogens (tertiary/aromatic N) is 4. The molecule has 0 aliphatic heterocycles. The Morgan fingerprint density at radius 1 is 1.34 bits per heavy atom. The van der Waals surface area contributed by atoms with Crippen molar-refractivity contribution in [2.45, 2.75) is 39.8 Å². The van der Waals surface area contributed by atoms with Crippen molar-refractivity contribution < 1.29 is 23.6 Å². The van der Waals surface area contributed by atoms with Crippen LogP contribution in [0, 0.1) is 22.9 Å². The highest BCUT2D eigenvalue weighted by atomic mass is 79.9. The molecule has 0 unspecified atom stereocenters. The van der Waals surface area contributed by atoms with E-state index in [4.69, 9.17) is 9.47 Å². The molecule has 156 valence electrons. The number of hydrogen-bond donors (Lipinski definition) is 0. The Morgan fingerprint density at radius 2 is 2.00 bits per heavy atom. The van der Waals surface area contributed by atoms with Crippen LogP contribution in [0.2, 0.25) is 0 Å². The van der Waals surface area contributed by atoms with Gasteiger partial charge in [-0.1, -0.05) is 6.07 Å². The molecule has 11 heteroatoms. The molecule has 1 heterocycles. The molecule has 0 aliphatic carbocycles. The lowest BCUT2D eigenvalue weighted by molar-refractivity contribution is -0.385. The van der Waals surface area contributed by atoms with Crippen LogP contribution in [0.15, 0.2) is 22.7 Å². The molecule has 1 aromatic heterocycles. The Labute approximate surface area is 175 Å². The normalized spacial score (nSPS) is 11.1. The SMILES string of the molecule is COc1nc(C)c([N+](=O)[O-])c(N(Cc2ccc(Br)c(F)c2)C(=O)OC(C)(C)C)n1. The smallest absolute Gasteiger partial charge is 0.416 e. The maximum atomic E-state index is 14.0. The van der Waals surface area contributed by atoms with Crippen molar-refractivity contribution in [3.05, 3.63) is 49.9 Å². The molecule has 0 bridgehead atoms. The Hall–Kier alpha value is -2.82. The molecular formula is C18H20BrFN4O5. The fourth-order valence-corrected chi connectivity index (χ4v) is 2.63. The molecule has 0 spiro atoms. The molecule has 0 fully saturated rings. The van der Waals surface area contributed by atoms with Gasteiger partial charge in [-0.25, -0.2) is 9.18 Å².